The molecule has 0 saturated carbocycles. The molecule has 0 aromatic heterocycles. The predicted octanol–water partition coefficient (Wildman–Crippen LogP) is 5.47. The van der Waals surface area contributed by atoms with Gasteiger partial charge in [0.05, 0.1) is 17.7 Å². The van der Waals surface area contributed by atoms with Crippen molar-refractivity contribution in [3.63, 3.8) is 0 Å². The lowest BCUT2D eigenvalue weighted by Gasteiger charge is -2.29. The number of carbonyl (C=O) groups is 1. The number of hydrogen-bond acceptors (Lipinski definition) is 6. The van der Waals surface area contributed by atoms with Crippen molar-refractivity contribution in [2.45, 2.75) is 19.6 Å². The monoisotopic (exact) mass is 537 g/mol. The van der Waals surface area contributed by atoms with Crippen molar-refractivity contribution >= 4 is 27.8 Å². The fourth-order valence-corrected chi connectivity index (χ4v) is 5.07. The Kier molecular flexibility index (Phi) is 5.80. The molecule has 3 heterocycles. The number of benzene rings is 3. The van der Waals surface area contributed by atoms with E-state index in [-0.39, 0.29) is 24.2 Å². The summed E-state index contributed by atoms with van der Waals surface area (Å²) in [7, 11) is 0. The van der Waals surface area contributed by atoms with Crippen molar-refractivity contribution in [3.8, 4) is 17.2 Å². The zero-order valence-electron chi connectivity index (χ0n) is 18.7. The van der Waals surface area contributed by atoms with Crippen molar-refractivity contribution in [2.75, 3.05) is 20.1 Å². The van der Waals surface area contributed by atoms with E-state index in [0.29, 0.717) is 36.9 Å². The molecule has 3 aromatic carbocycles. The van der Waals surface area contributed by atoms with Crippen molar-refractivity contribution < 1.29 is 28.1 Å². The van der Waals surface area contributed by atoms with Gasteiger partial charge in [-0.1, -0.05) is 28.1 Å². The van der Waals surface area contributed by atoms with Crippen LogP contribution in [0.4, 0.5) is 4.39 Å². The molecule has 0 fully saturated rings. The molecule has 0 N–H and O–H groups in total. The molecule has 3 aromatic rings. The highest BCUT2D eigenvalue weighted by atomic mass is 79.9. The number of ketones is 1. The lowest BCUT2D eigenvalue weighted by molar-refractivity contribution is -0.0165. The first-order valence-corrected chi connectivity index (χ1v) is 12.1. The van der Waals surface area contributed by atoms with E-state index in [1.165, 1.54) is 12.1 Å². The van der Waals surface area contributed by atoms with Gasteiger partial charge in [-0.3, -0.25) is 9.69 Å². The molecular weight excluding hydrogens is 517 g/mol. The summed E-state index contributed by atoms with van der Waals surface area (Å²) in [6.07, 6.45) is 2.48. The maximum atomic E-state index is 13.2. The van der Waals surface area contributed by atoms with Gasteiger partial charge in [0.2, 0.25) is 5.78 Å². The van der Waals surface area contributed by atoms with Gasteiger partial charge in [0, 0.05) is 28.7 Å². The Balaban J connectivity index is 1.25. The molecule has 0 atom stereocenters. The third-order valence-corrected chi connectivity index (χ3v) is 6.76. The standard InChI is InChI=1S/C27H21BrFNO5/c28-19-9-17(26-18(10-19)13-32-15-34-26)11-24-25(31)21-5-6-23-22(27(21)35-24)12-30(14-33-23)8-7-16-1-3-20(29)4-2-16/h1-6,9-11H,7-8,12-15H2/b24-11-. The maximum absolute atomic E-state index is 13.2. The van der Waals surface area contributed by atoms with Crippen molar-refractivity contribution in [3.05, 3.63) is 92.4 Å². The van der Waals surface area contributed by atoms with Gasteiger partial charge in [0.1, 0.15) is 29.8 Å². The number of allylic oxidation sites excluding steroid dienone is 1. The van der Waals surface area contributed by atoms with E-state index in [1.807, 2.05) is 18.2 Å². The molecule has 0 amide bonds. The normalized spacial score (nSPS) is 17.8. The second-order valence-corrected chi connectivity index (χ2v) is 9.57. The van der Waals surface area contributed by atoms with E-state index in [1.54, 1.807) is 24.3 Å². The van der Waals surface area contributed by atoms with Crippen LogP contribution < -0.4 is 14.2 Å². The fraction of sp³-hybridized carbons (Fsp3) is 0.222. The van der Waals surface area contributed by atoms with Gasteiger partial charge < -0.3 is 18.9 Å². The minimum absolute atomic E-state index is 0.165. The van der Waals surface area contributed by atoms with Crippen molar-refractivity contribution in [1.82, 2.24) is 4.90 Å². The van der Waals surface area contributed by atoms with E-state index in [2.05, 4.69) is 20.8 Å². The summed E-state index contributed by atoms with van der Waals surface area (Å²) >= 11 is 3.52. The summed E-state index contributed by atoms with van der Waals surface area (Å²) < 4.78 is 37.2. The lowest BCUT2D eigenvalue weighted by atomic mass is 10.0. The van der Waals surface area contributed by atoms with Crippen LogP contribution in [0.3, 0.4) is 0 Å². The zero-order valence-corrected chi connectivity index (χ0v) is 20.3. The Morgan fingerprint density at radius 1 is 1.06 bits per heavy atom. The number of hydrogen-bond donors (Lipinski definition) is 0. The molecule has 35 heavy (non-hydrogen) atoms. The maximum Gasteiger partial charge on any atom is 0.231 e. The molecule has 0 aliphatic carbocycles. The summed E-state index contributed by atoms with van der Waals surface area (Å²) in [6, 6.07) is 13.9. The summed E-state index contributed by atoms with van der Waals surface area (Å²) in [5, 5.41) is 0. The molecule has 3 aliphatic heterocycles. The Hall–Kier alpha value is -3.20. The van der Waals surface area contributed by atoms with Crippen LogP contribution in [-0.4, -0.2) is 30.8 Å². The van der Waals surface area contributed by atoms with Crippen LogP contribution in [0.15, 0.2) is 58.8 Å². The van der Waals surface area contributed by atoms with Crippen LogP contribution in [0.25, 0.3) is 6.08 Å². The number of ether oxygens (including phenoxy) is 4. The second-order valence-electron chi connectivity index (χ2n) is 8.66. The Labute approximate surface area is 210 Å². The van der Waals surface area contributed by atoms with Crippen LogP contribution in [0.1, 0.15) is 32.6 Å². The molecule has 6 rings (SSSR count). The third-order valence-electron chi connectivity index (χ3n) is 6.30. The summed E-state index contributed by atoms with van der Waals surface area (Å²) in [4.78, 5) is 15.3. The van der Waals surface area contributed by atoms with E-state index >= 15 is 0 Å². The summed E-state index contributed by atoms with van der Waals surface area (Å²) in [6.45, 7) is 2.37. The predicted molar refractivity (Wildman–Crippen MR) is 130 cm³/mol. The number of rotatable bonds is 4. The Bertz CT molecular complexity index is 1350. The van der Waals surface area contributed by atoms with Crippen LogP contribution in [-0.2, 0) is 24.3 Å². The molecule has 0 unspecified atom stereocenters. The molecule has 178 valence electrons. The Morgan fingerprint density at radius 3 is 2.77 bits per heavy atom. The van der Waals surface area contributed by atoms with Crippen molar-refractivity contribution in [2.24, 2.45) is 0 Å². The third kappa shape index (κ3) is 4.33. The van der Waals surface area contributed by atoms with E-state index in [4.69, 9.17) is 18.9 Å². The number of halogens is 2. The molecule has 8 heteroatoms. The first-order chi connectivity index (χ1) is 17.0. The van der Waals surface area contributed by atoms with Gasteiger partial charge >= 0.3 is 0 Å². The zero-order chi connectivity index (χ0) is 23.9. The molecule has 0 bridgehead atoms. The number of carbonyl (C=O) groups excluding carboxylic acids is 1. The average Bonchev–Trinajstić information content (AvgIpc) is 3.19. The highest BCUT2D eigenvalue weighted by Crippen LogP contribution is 2.43. The van der Waals surface area contributed by atoms with Crippen LogP contribution in [0.5, 0.6) is 17.2 Å². The quantitative estimate of drug-likeness (QED) is 0.411. The number of Topliss-reactive ketones (excluding diaryl/α,β-unsaturated/α-hetero) is 1. The van der Waals surface area contributed by atoms with E-state index < -0.39 is 0 Å². The van der Waals surface area contributed by atoms with Crippen molar-refractivity contribution in [1.29, 1.82) is 0 Å². The highest BCUT2D eigenvalue weighted by molar-refractivity contribution is 9.10. The largest absolute Gasteiger partial charge is 0.478 e. The topological polar surface area (TPSA) is 57.2 Å². The molecule has 0 spiro atoms. The minimum Gasteiger partial charge on any atom is -0.478 e. The van der Waals surface area contributed by atoms with Gasteiger partial charge in [-0.2, -0.15) is 0 Å². The molecule has 3 aliphatic rings. The van der Waals surface area contributed by atoms with Crippen LogP contribution in [0.2, 0.25) is 0 Å². The minimum atomic E-state index is -0.242. The van der Waals surface area contributed by atoms with Gasteiger partial charge in [-0.25, -0.2) is 4.39 Å². The van der Waals surface area contributed by atoms with Gasteiger partial charge in [-0.15, -0.1) is 0 Å². The summed E-state index contributed by atoms with van der Waals surface area (Å²) in [5.41, 5.74) is 4.08. The second kappa shape index (κ2) is 9.11. The average molecular weight is 538 g/mol. The SMILES string of the molecule is O=C1/C(=C/c2cc(Br)cc3c2OCOC3)Oc2c1ccc1c2CN(CCc2ccc(F)cc2)CO1. The molecule has 0 saturated heterocycles. The van der Waals surface area contributed by atoms with Crippen LogP contribution >= 0.6 is 15.9 Å². The Morgan fingerprint density at radius 2 is 1.91 bits per heavy atom. The van der Waals surface area contributed by atoms with E-state index in [9.17, 15) is 9.18 Å². The molecule has 0 radical (unpaired) electrons. The van der Waals surface area contributed by atoms with Gasteiger partial charge in [-0.05, 0) is 54.5 Å². The van der Waals surface area contributed by atoms with E-state index in [0.717, 1.165) is 45.4 Å². The number of nitrogens with zero attached hydrogens (tertiary/aromatic N) is 1. The number of fused-ring (bicyclic) bond motifs is 4. The van der Waals surface area contributed by atoms with Gasteiger partial charge in [0.25, 0.3) is 0 Å². The lowest BCUT2D eigenvalue weighted by Crippen LogP contribution is -2.33. The molecule has 6 nitrogen and oxygen atoms in total. The summed E-state index contributed by atoms with van der Waals surface area (Å²) in [5.74, 6) is 1.78. The smallest absolute Gasteiger partial charge is 0.231 e. The first kappa shape index (κ1) is 22.3. The fourth-order valence-electron chi connectivity index (χ4n) is 4.54. The van der Waals surface area contributed by atoms with Crippen LogP contribution in [0, 0.1) is 5.82 Å². The molecular formula is C27H21BrFNO5. The highest BCUT2D eigenvalue weighted by Gasteiger charge is 2.34. The van der Waals surface area contributed by atoms with Gasteiger partial charge in [0.15, 0.2) is 12.6 Å². The first-order valence-electron chi connectivity index (χ1n) is 11.3.